The number of fused-ring (bicyclic) bond motifs is 1. The van der Waals surface area contributed by atoms with Crippen molar-refractivity contribution in [2.24, 2.45) is 5.73 Å². The molecule has 2 aromatic carbocycles. The second-order valence-electron chi connectivity index (χ2n) is 8.00. The summed E-state index contributed by atoms with van der Waals surface area (Å²) in [5.74, 6) is -1.47. The van der Waals surface area contributed by atoms with Crippen molar-refractivity contribution < 1.29 is 24.0 Å². The van der Waals surface area contributed by atoms with E-state index >= 15 is 0 Å². The maximum Gasteiger partial charge on any atom is 0.309 e. The fraction of sp³-hybridized carbons (Fsp3) is 0.367. The number of allylic oxidation sites excluding steroid dienone is 2. The first-order valence-electron chi connectivity index (χ1n) is 12.5. The second kappa shape index (κ2) is 21.1. The van der Waals surface area contributed by atoms with Gasteiger partial charge < -0.3 is 16.4 Å². The summed E-state index contributed by atoms with van der Waals surface area (Å²) in [5, 5.41) is 7.32. The van der Waals surface area contributed by atoms with Crippen LogP contribution >= 0.6 is 0 Å². The number of nitrogens with two attached hydrogens (primary N) is 1. The Kier molecular flexibility index (Phi) is 20.0. The smallest absolute Gasteiger partial charge is 0.309 e. The van der Waals surface area contributed by atoms with Crippen LogP contribution in [-0.2, 0) is 24.0 Å². The van der Waals surface area contributed by atoms with Gasteiger partial charge in [-0.1, -0.05) is 82.3 Å². The predicted molar refractivity (Wildman–Crippen MR) is 155 cm³/mol. The van der Waals surface area contributed by atoms with Gasteiger partial charge in [0.15, 0.2) is 5.78 Å². The Hall–Kier alpha value is -4.07. The first-order valence-corrected chi connectivity index (χ1v) is 12.5. The van der Waals surface area contributed by atoms with E-state index in [1.165, 1.54) is 30.2 Å². The van der Waals surface area contributed by atoms with Crippen molar-refractivity contribution in [2.45, 2.75) is 61.3 Å². The first kappa shape index (κ1) is 36.1. The molecule has 4 N–H and O–H groups in total. The molecule has 0 atom stereocenters. The van der Waals surface area contributed by atoms with Gasteiger partial charge in [0.2, 0.25) is 6.41 Å². The van der Waals surface area contributed by atoms with Crippen LogP contribution in [0.1, 0.15) is 66.9 Å². The molecular formula is C30H43N3O5. The minimum Gasteiger partial charge on any atom is -0.372 e. The molecule has 3 amide bonds. The standard InChI is InChI=1S/C14H20N2O4.C13H14.C2H6.CH3NO/c1-5-11(12(6-2)10(4)18)8-16-14(20)13(19)15-7-9(3)17;1-10(2)12-9-5-7-11-6-3-4-8-13(11)12;1-2;2-1-3/h5-6H,7-8H2,1-4H3,(H,15,19)(H,16,20);3-10H,1-2H3;1-2H3;1H,(H2,2,3)/b11-5-,12-6-;;;. The van der Waals surface area contributed by atoms with Crippen LogP contribution in [0.5, 0.6) is 0 Å². The summed E-state index contributed by atoms with van der Waals surface area (Å²) >= 11 is 0. The molecule has 0 heterocycles. The van der Waals surface area contributed by atoms with Crippen LogP contribution in [0.3, 0.4) is 0 Å². The van der Waals surface area contributed by atoms with Gasteiger partial charge in [0.1, 0.15) is 5.78 Å². The van der Waals surface area contributed by atoms with Crippen molar-refractivity contribution in [1.82, 2.24) is 10.6 Å². The molecule has 0 spiro atoms. The number of carbonyl (C=O) groups excluding carboxylic acids is 5. The number of benzene rings is 2. The topological polar surface area (TPSA) is 135 Å². The molecule has 8 nitrogen and oxygen atoms in total. The number of hydrogen-bond acceptors (Lipinski definition) is 5. The van der Waals surface area contributed by atoms with E-state index in [9.17, 15) is 19.2 Å². The number of carbonyl (C=O) groups is 5. The number of Topliss-reactive ketones (excluding diaryl/α,β-unsaturated/α-hetero) is 2. The Balaban J connectivity index is 0. The maximum atomic E-state index is 11.5. The highest BCUT2D eigenvalue weighted by Gasteiger charge is 2.15. The quantitative estimate of drug-likeness (QED) is 0.213. The molecule has 0 aromatic heterocycles. The first-order chi connectivity index (χ1) is 18.0. The van der Waals surface area contributed by atoms with Gasteiger partial charge in [0, 0.05) is 12.1 Å². The molecule has 0 aliphatic rings. The van der Waals surface area contributed by atoms with E-state index < -0.39 is 11.8 Å². The Morgan fingerprint density at radius 3 is 1.79 bits per heavy atom. The number of nitrogens with one attached hydrogen (secondary N) is 2. The lowest BCUT2D eigenvalue weighted by Gasteiger charge is -2.10. The van der Waals surface area contributed by atoms with Crippen LogP contribution < -0.4 is 16.4 Å². The van der Waals surface area contributed by atoms with Crippen LogP contribution in [0.15, 0.2) is 65.8 Å². The monoisotopic (exact) mass is 525 g/mol. The van der Waals surface area contributed by atoms with Crippen molar-refractivity contribution in [1.29, 1.82) is 0 Å². The van der Waals surface area contributed by atoms with Gasteiger partial charge in [0.25, 0.3) is 0 Å². The van der Waals surface area contributed by atoms with Crippen LogP contribution in [0, 0.1) is 0 Å². The van der Waals surface area contributed by atoms with Crippen LogP contribution in [0.2, 0.25) is 0 Å². The molecule has 2 aromatic rings. The fourth-order valence-corrected chi connectivity index (χ4v) is 3.26. The van der Waals surface area contributed by atoms with E-state index in [4.69, 9.17) is 4.79 Å². The van der Waals surface area contributed by atoms with Crippen molar-refractivity contribution in [2.75, 3.05) is 13.1 Å². The summed E-state index contributed by atoms with van der Waals surface area (Å²) in [7, 11) is 0. The van der Waals surface area contributed by atoms with Gasteiger partial charge >= 0.3 is 11.8 Å². The van der Waals surface area contributed by atoms with Crippen molar-refractivity contribution in [3.8, 4) is 0 Å². The highest BCUT2D eigenvalue weighted by Crippen LogP contribution is 2.24. The molecule has 0 saturated heterocycles. The Morgan fingerprint density at radius 1 is 0.842 bits per heavy atom. The minimum atomic E-state index is -0.875. The summed E-state index contributed by atoms with van der Waals surface area (Å²) in [6.45, 7) is 14.6. The summed E-state index contributed by atoms with van der Waals surface area (Å²) in [6, 6.07) is 15.1. The van der Waals surface area contributed by atoms with E-state index in [1.54, 1.807) is 26.0 Å². The highest BCUT2D eigenvalue weighted by atomic mass is 16.2. The van der Waals surface area contributed by atoms with Crippen molar-refractivity contribution in [3.05, 3.63) is 71.3 Å². The van der Waals surface area contributed by atoms with E-state index in [0.717, 1.165) is 0 Å². The van der Waals surface area contributed by atoms with E-state index in [1.807, 2.05) is 13.8 Å². The second-order valence-corrected chi connectivity index (χ2v) is 8.00. The molecule has 38 heavy (non-hydrogen) atoms. The molecule has 0 aliphatic carbocycles. The zero-order valence-electron chi connectivity index (χ0n) is 23.9. The van der Waals surface area contributed by atoms with Crippen molar-refractivity contribution in [3.63, 3.8) is 0 Å². The number of rotatable bonds is 7. The summed E-state index contributed by atoms with van der Waals surface area (Å²) in [5.41, 5.74) is 6.74. The van der Waals surface area contributed by atoms with Crippen LogP contribution in [0.25, 0.3) is 10.8 Å². The van der Waals surface area contributed by atoms with Crippen LogP contribution in [-0.4, -0.2) is 42.9 Å². The molecule has 8 heteroatoms. The van der Waals surface area contributed by atoms with E-state index in [2.05, 4.69) is 72.7 Å². The third-order valence-corrected chi connectivity index (χ3v) is 4.95. The summed E-state index contributed by atoms with van der Waals surface area (Å²) in [4.78, 5) is 53.5. The molecule has 0 saturated carbocycles. The Labute approximate surface area is 226 Å². The molecule has 0 unspecified atom stereocenters. The Bertz CT molecular complexity index is 1110. The predicted octanol–water partition coefficient (Wildman–Crippen LogP) is 4.38. The van der Waals surface area contributed by atoms with Gasteiger partial charge in [-0.15, -0.1) is 0 Å². The third kappa shape index (κ3) is 13.9. The lowest BCUT2D eigenvalue weighted by Crippen LogP contribution is -2.42. The summed E-state index contributed by atoms with van der Waals surface area (Å²) in [6.07, 6.45) is 3.60. The van der Waals surface area contributed by atoms with E-state index in [0.29, 0.717) is 17.1 Å². The van der Waals surface area contributed by atoms with E-state index in [-0.39, 0.29) is 31.1 Å². The number of amides is 3. The summed E-state index contributed by atoms with van der Waals surface area (Å²) < 4.78 is 0. The van der Waals surface area contributed by atoms with Gasteiger partial charge in [-0.25, -0.2) is 0 Å². The van der Waals surface area contributed by atoms with Gasteiger partial charge in [-0.2, -0.15) is 0 Å². The zero-order valence-corrected chi connectivity index (χ0v) is 23.9. The normalized spacial score (nSPS) is 10.4. The van der Waals surface area contributed by atoms with Gasteiger partial charge in [-0.3, -0.25) is 24.0 Å². The molecule has 0 aliphatic heterocycles. The molecular weight excluding hydrogens is 482 g/mol. The van der Waals surface area contributed by atoms with Gasteiger partial charge in [-0.05, 0) is 55.5 Å². The number of primary amides is 1. The zero-order chi connectivity index (χ0) is 29.7. The lowest BCUT2D eigenvalue weighted by molar-refractivity contribution is -0.139. The SMILES string of the molecule is C/C=C(CNC(=O)C(=O)NCC(C)=O)\C(=C/C)C(C)=O.CC.CC(C)c1cccc2ccccc12.NC=O. The maximum absolute atomic E-state index is 11.5. The molecule has 0 fully saturated rings. The lowest BCUT2D eigenvalue weighted by atomic mass is 9.96. The number of hydrogen-bond donors (Lipinski definition) is 3. The minimum absolute atomic E-state index is 0.0715. The fourth-order valence-electron chi connectivity index (χ4n) is 3.26. The highest BCUT2D eigenvalue weighted by molar-refractivity contribution is 6.35. The van der Waals surface area contributed by atoms with Crippen molar-refractivity contribution >= 4 is 40.6 Å². The molecule has 0 radical (unpaired) electrons. The molecule has 0 bridgehead atoms. The third-order valence-electron chi connectivity index (χ3n) is 4.95. The Morgan fingerprint density at radius 2 is 1.34 bits per heavy atom. The molecule has 208 valence electrons. The van der Waals surface area contributed by atoms with Crippen LogP contribution in [0.4, 0.5) is 0 Å². The van der Waals surface area contributed by atoms with Gasteiger partial charge in [0.05, 0.1) is 6.54 Å². The molecule has 2 rings (SSSR count). The number of ketones is 2. The average Bonchev–Trinajstić information content (AvgIpc) is 2.90. The average molecular weight is 526 g/mol. The largest absolute Gasteiger partial charge is 0.372 e.